The molecule has 2 aromatic rings. The van der Waals surface area contributed by atoms with Crippen molar-refractivity contribution in [2.45, 2.75) is 34.7 Å². The maximum absolute atomic E-state index is 10.7. The first-order chi connectivity index (χ1) is 13.6. The summed E-state index contributed by atoms with van der Waals surface area (Å²) in [6.07, 6.45) is -1.80. The number of benzene rings is 2. The number of halogens is 2. The van der Waals surface area contributed by atoms with Crippen LogP contribution in [-0.4, -0.2) is 41.0 Å². The van der Waals surface area contributed by atoms with Crippen molar-refractivity contribution in [3.05, 3.63) is 74.6 Å². The molecule has 0 aliphatic carbocycles. The van der Waals surface area contributed by atoms with E-state index < -0.39 is 35.4 Å². The van der Waals surface area contributed by atoms with E-state index >= 15 is 0 Å². The summed E-state index contributed by atoms with van der Waals surface area (Å²) in [5, 5.41) is 15.5. The molecule has 0 radical (unpaired) electrons. The quantitative estimate of drug-likeness (QED) is 0.308. The maximum atomic E-state index is 10.7. The molecule has 0 aromatic heterocycles. The molecule has 0 amide bonds. The summed E-state index contributed by atoms with van der Waals surface area (Å²) in [5.74, 6) is 0.487. The second-order valence-electron chi connectivity index (χ2n) is 6.76. The molecule has 148 valence electrons. The van der Waals surface area contributed by atoms with Crippen LogP contribution in [0.2, 0.25) is 10.0 Å². The number of nitrogens with zero attached hydrogens (tertiary/aromatic N) is 3. The summed E-state index contributed by atoms with van der Waals surface area (Å²) in [4.78, 5) is 3.95. The molecule has 2 aliphatic heterocycles. The standard InChI is InChI=1S/C19H19Cl2N3O3S/c20-13-7-6-12(8-14(13)21)28-10-15(25)17(23-24-22)18-16(28)9-26-19(27-18)11-4-2-1-3-5-11/h1-8,15-19,25,28H,9-10H2/t15-,16+,17+,18-,19?/m0/s1. The molecule has 2 unspecified atom stereocenters. The number of thiol groups is 1. The lowest BCUT2D eigenvalue weighted by Crippen LogP contribution is -2.55. The number of ether oxygens (including phenoxy) is 2. The van der Waals surface area contributed by atoms with Gasteiger partial charge in [0.25, 0.3) is 0 Å². The highest BCUT2D eigenvalue weighted by Gasteiger charge is 2.47. The minimum absolute atomic E-state index is 0.0221. The van der Waals surface area contributed by atoms with Crippen molar-refractivity contribution in [3.8, 4) is 0 Å². The zero-order valence-electron chi connectivity index (χ0n) is 14.7. The van der Waals surface area contributed by atoms with Gasteiger partial charge in [0.05, 0.1) is 34.9 Å². The summed E-state index contributed by atoms with van der Waals surface area (Å²) in [6.45, 7) is 0.445. The van der Waals surface area contributed by atoms with Crippen molar-refractivity contribution < 1.29 is 14.6 Å². The molecule has 9 heteroatoms. The normalized spacial score (nSPS) is 33.5. The molecule has 28 heavy (non-hydrogen) atoms. The Balaban J connectivity index is 1.66. The Bertz CT molecular complexity index is 897. The first-order valence-electron chi connectivity index (χ1n) is 8.84. The van der Waals surface area contributed by atoms with E-state index in [4.69, 9.17) is 38.2 Å². The first kappa shape index (κ1) is 19.9. The molecule has 2 aliphatic rings. The zero-order chi connectivity index (χ0) is 19.7. The molecule has 2 saturated heterocycles. The molecule has 2 fully saturated rings. The summed E-state index contributed by atoms with van der Waals surface area (Å²) < 4.78 is 12.2. The second kappa shape index (κ2) is 8.51. The molecular weight excluding hydrogens is 421 g/mol. The van der Waals surface area contributed by atoms with E-state index in [1.807, 2.05) is 42.5 Å². The van der Waals surface area contributed by atoms with Crippen LogP contribution in [0.25, 0.3) is 10.4 Å². The van der Waals surface area contributed by atoms with Crippen LogP contribution in [0.1, 0.15) is 11.9 Å². The third-order valence-electron chi connectivity index (χ3n) is 5.08. The monoisotopic (exact) mass is 439 g/mol. The summed E-state index contributed by atoms with van der Waals surface area (Å²) in [7, 11) is -0.844. The molecule has 0 spiro atoms. The van der Waals surface area contributed by atoms with Gasteiger partial charge < -0.3 is 14.6 Å². The van der Waals surface area contributed by atoms with Crippen molar-refractivity contribution in [2.24, 2.45) is 5.11 Å². The Morgan fingerprint density at radius 3 is 2.64 bits per heavy atom. The topological polar surface area (TPSA) is 87.5 Å². The van der Waals surface area contributed by atoms with E-state index in [9.17, 15) is 5.11 Å². The number of rotatable bonds is 3. The highest BCUT2D eigenvalue weighted by molar-refractivity contribution is 8.17. The Hall–Kier alpha value is -1.44. The van der Waals surface area contributed by atoms with E-state index in [0.717, 1.165) is 10.5 Å². The molecule has 0 bridgehead atoms. The molecular formula is C19H19Cl2N3O3S. The molecule has 2 heterocycles. The van der Waals surface area contributed by atoms with E-state index in [0.29, 0.717) is 22.4 Å². The highest BCUT2D eigenvalue weighted by atomic mass is 35.5. The lowest BCUT2D eigenvalue weighted by atomic mass is 10.0. The van der Waals surface area contributed by atoms with Gasteiger partial charge in [-0.2, -0.15) is 0 Å². The van der Waals surface area contributed by atoms with Gasteiger partial charge in [-0.25, -0.2) is 10.9 Å². The fourth-order valence-corrected chi connectivity index (χ4v) is 7.03. The Morgan fingerprint density at radius 2 is 1.93 bits per heavy atom. The van der Waals surface area contributed by atoms with Gasteiger partial charge in [-0.3, -0.25) is 0 Å². The van der Waals surface area contributed by atoms with Gasteiger partial charge in [-0.05, 0) is 28.6 Å². The van der Waals surface area contributed by atoms with Crippen LogP contribution in [0, 0.1) is 0 Å². The van der Waals surface area contributed by atoms with Crippen LogP contribution in [0.5, 0.6) is 0 Å². The Labute approximate surface area is 175 Å². The minimum atomic E-state index is -0.844. The maximum Gasteiger partial charge on any atom is 0.184 e. The Kier molecular flexibility index (Phi) is 6.04. The third-order valence-corrected chi connectivity index (χ3v) is 8.78. The van der Waals surface area contributed by atoms with Gasteiger partial charge in [0.2, 0.25) is 0 Å². The van der Waals surface area contributed by atoms with E-state index in [1.165, 1.54) is 0 Å². The number of hydrogen-bond donors (Lipinski definition) is 2. The average Bonchev–Trinajstić information content (AvgIpc) is 2.72. The van der Waals surface area contributed by atoms with Crippen LogP contribution in [0.4, 0.5) is 0 Å². The van der Waals surface area contributed by atoms with Gasteiger partial charge in [-0.1, -0.05) is 58.6 Å². The molecule has 6 nitrogen and oxygen atoms in total. The lowest BCUT2D eigenvalue weighted by Gasteiger charge is -2.49. The fourth-order valence-electron chi connectivity index (χ4n) is 3.74. The molecule has 4 rings (SSSR count). The van der Waals surface area contributed by atoms with Crippen LogP contribution < -0.4 is 0 Å². The van der Waals surface area contributed by atoms with Gasteiger partial charge in [0.15, 0.2) is 6.29 Å². The number of hydrogen-bond acceptors (Lipinski definition) is 4. The van der Waals surface area contributed by atoms with E-state index in [-0.39, 0.29) is 5.25 Å². The number of azide groups is 1. The number of aliphatic hydroxyl groups excluding tert-OH is 1. The predicted octanol–water partition coefficient (Wildman–Crippen LogP) is 4.89. The van der Waals surface area contributed by atoms with E-state index in [1.54, 1.807) is 6.07 Å². The summed E-state index contributed by atoms with van der Waals surface area (Å²) >= 11 is 12.3. The minimum Gasteiger partial charge on any atom is -0.392 e. The van der Waals surface area contributed by atoms with E-state index in [2.05, 4.69) is 10.0 Å². The first-order valence-corrected chi connectivity index (χ1v) is 11.2. The van der Waals surface area contributed by atoms with Crippen molar-refractivity contribution in [1.29, 1.82) is 0 Å². The second-order valence-corrected chi connectivity index (χ2v) is 10.1. The van der Waals surface area contributed by atoms with Crippen molar-refractivity contribution in [3.63, 3.8) is 0 Å². The molecule has 6 atom stereocenters. The number of aliphatic hydroxyl groups is 1. The largest absolute Gasteiger partial charge is 0.392 e. The van der Waals surface area contributed by atoms with Crippen molar-refractivity contribution in [1.82, 2.24) is 0 Å². The predicted molar refractivity (Wildman–Crippen MR) is 111 cm³/mol. The smallest absolute Gasteiger partial charge is 0.184 e. The third kappa shape index (κ3) is 3.84. The van der Waals surface area contributed by atoms with Crippen molar-refractivity contribution >= 4 is 34.1 Å². The summed E-state index contributed by atoms with van der Waals surface area (Å²) in [6, 6.07) is 14.5. The summed E-state index contributed by atoms with van der Waals surface area (Å²) in [5.41, 5.74) is 9.88. The van der Waals surface area contributed by atoms with Gasteiger partial charge in [0, 0.05) is 21.5 Å². The molecule has 1 N–H and O–H groups in total. The molecule has 0 saturated carbocycles. The van der Waals surface area contributed by atoms with Crippen molar-refractivity contribution in [2.75, 3.05) is 12.4 Å². The SMILES string of the molecule is [N-]=[N+]=N[C@H]1[C@H]2OC(c3ccccc3)OC[C@H]2[SH](c2ccc(Cl)c(Cl)c2)C[C@@H]1O. The zero-order valence-corrected chi connectivity index (χ0v) is 17.1. The van der Waals surface area contributed by atoms with Gasteiger partial charge in [0.1, 0.15) is 0 Å². The lowest BCUT2D eigenvalue weighted by molar-refractivity contribution is -0.224. The number of fused-ring (bicyclic) bond motifs is 1. The van der Waals surface area contributed by atoms with Gasteiger partial charge >= 0.3 is 0 Å². The van der Waals surface area contributed by atoms with Crippen LogP contribution in [-0.2, 0) is 9.47 Å². The highest BCUT2D eigenvalue weighted by Crippen LogP contribution is 2.52. The van der Waals surface area contributed by atoms with Crippen LogP contribution >= 0.6 is 34.1 Å². The van der Waals surface area contributed by atoms with Gasteiger partial charge in [-0.15, -0.1) is 0 Å². The fraction of sp³-hybridized carbons (Fsp3) is 0.368. The molecule has 2 aromatic carbocycles. The Morgan fingerprint density at radius 1 is 1.14 bits per heavy atom. The average molecular weight is 440 g/mol. The van der Waals surface area contributed by atoms with Crippen LogP contribution in [0.15, 0.2) is 58.5 Å². The van der Waals surface area contributed by atoms with Crippen LogP contribution in [0.3, 0.4) is 0 Å².